The van der Waals surface area contributed by atoms with E-state index < -0.39 is 36.5 Å². The monoisotopic (exact) mass is 482 g/mol. The number of amides is 1. The van der Waals surface area contributed by atoms with Gasteiger partial charge in [-0.15, -0.1) is 0 Å². The first kappa shape index (κ1) is 26.7. The van der Waals surface area contributed by atoms with Gasteiger partial charge in [-0.05, 0) is 52.8 Å². The molecule has 11 nitrogen and oxygen atoms in total. The fourth-order valence-electron chi connectivity index (χ4n) is 4.62. The lowest BCUT2D eigenvalue weighted by Crippen LogP contribution is -2.62. The van der Waals surface area contributed by atoms with Crippen LogP contribution in [0.5, 0.6) is 0 Å². The zero-order valence-electron chi connectivity index (χ0n) is 20.7. The molecule has 0 spiro atoms. The quantitative estimate of drug-likeness (QED) is 0.513. The Kier molecular flexibility index (Phi) is 8.82. The van der Waals surface area contributed by atoms with E-state index in [0.717, 1.165) is 0 Å². The lowest BCUT2D eigenvalue weighted by Gasteiger charge is -2.46. The van der Waals surface area contributed by atoms with Gasteiger partial charge in [0.15, 0.2) is 6.29 Å². The number of carbonyl (C=O) groups is 1. The lowest BCUT2D eigenvalue weighted by molar-refractivity contribution is -0.310. The number of likely N-dealkylation sites (N-methyl/N-ethyl adjacent to an activating group) is 1. The Hall–Kier alpha value is -1.89. The standard InChI is InChI=1S/C23H38N4O7/c1-12(2)11-17(28)24-16-9-10-27(23(31)25-16)18-8-7-15(13(3)32-18)34-22-21(30)20(29)19(26(5)6)14(4)33-22/h9-10,12-15,18-22,29-30H,7-8,11H2,1-6H3,(H,24,25,28,31)/t13-,14-,15+,18-,19-,20+,21-,22-/m1/s1. The summed E-state index contributed by atoms with van der Waals surface area (Å²) in [4.78, 5) is 30.3. The van der Waals surface area contributed by atoms with Gasteiger partial charge in [-0.25, -0.2) is 4.79 Å². The summed E-state index contributed by atoms with van der Waals surface area (Å²) in [6.07, 6.45) is -1.89. The normalized spacial score (nSPS) is 34.4. The Bertz CT molecular complexity index is 892. The van der Waals surface area contributed by atoms with Crippen LogP contribution in [0.25, 0.3) is 0 Å². The number of aliphatic hydroxyl groups is 2. The van der Waals surface area contributed by atoms with Gasteiger partial charge < -0.3 is 34.6 Å². The third-order valence-electron chi connectivity index (χ3n) is 6.31. The second kappa shape index (κ2) is 11.2. The first-order chi connectivity index (χ1) is 16.0. The minimum Gasteiger partial charge on any atom is -0.388 e. The summed E-state index contributed by atoms with van der Waals surface area (Å²) in [5.74, 6) is 0.225. The number of nitrogens with one attached hydrogen (secondary N) is 1. The number of ether oxygens (including phenoxy) is 3. The number of nitrogens with zero attached hydrogens (tertiary/aromatic N) is 3. The minimum atomic E-state index is -1.20. The van der Waals surface area contributed by atoms with Gasteiger partial charge in [0, 0.05) is 12.6 Å². The molecule has 2 aliphatic heterocycles. The maximum Gasteiger partial charge on any atom is 0.351 e. The molecule has 3 N–H and O–H groups in total. The van der Waals surface area contributed by atoms with Crippen LogP contribution in [0.3, 0.4) is 0 Å². The van der Waals surface area contributed by atoms with Crippen molar-refractivity contribution >= 4 is 11.7 Å². The van der Waals surface area contributed by atoms with Gasteiger partial charge in [0.25, 0.3) is 0 Å². The number of aromatic nitrogens is 2. The molecule has 0 saturated carbocycles. The van der Waals surface area contributed by atoms with E-state index in [2.05, 4.69) is 10.3 Å². The topological polar surface area (TPSA) is 135 Å². The summed E-state index contributed by atoms with van der Waals surface area (Å²) in [5, 5.41) is 23.7. The molecular formula is C23H38N4O7. The van der Waals surface area contributed by atoms with Crippen molar-refractivity contribution in [2.75, 3.05) is 19.4 Å². The molecule has 3 heterocycles. The molecule has 0 bridgehead atoms. The zero-order chi connectivity index (χ0) is 25.2. The van der Waals surface area contributed by atoms with Crippen molar-refractivity contribution in [3.63, 3.8) is 0 Å². The fourth-order valence-corrected chi connectivity index (χ4v) is 4.62. The number of rotatable bonds is 7. The van der Waals surface area contributed by atoms with Crippen LogP contribution in [-0.4, -0.2) is 87.5 Å². The highest BCUT2D eigenvalue weighted by atomic mass is 16.7. The SMILES string of the molecule is CC(C)CC(=O)Nc1ccn([C@H]2CC[C@H](O[C@H]3O[C@H](C)[C@@H](N(C)C)[C@H](O)[C@H]3O)[C@@H](C)O2)c(=O)n1. The molecule has 192 valence electrons. The molecule has 1 amide bonds. The molecule has 11 heteroatoms. The first-order valence-electron chi connectivity index (χ1n) is 11.9. The number of hydrogen-bond acceptors (Lipinski definition) is 9. The third-order valence-corrected chi connectivity index (χ3v) is 6.31. The van der Waals surface area contributed by atoms with Gasteiger partial charge in [-0.1, -0.05) is 13.8 Å². The van der Waals surface area contributed by atoms with Gasteiger partial charge in [-0.2, -0.15) is 4.98 Å². The molecule has 3 rings (SSSR count). The number of aliphatic hydroxyl groups excluding tert-OH is 2. The predicted octanol–water partition coefficient (Wildman–Crippen LogP) is 0.707. The van der Waals surface area contributed by atoms with E-state index in [1.165, 1.54) is 4.57 Å². The van der Waals surface area contributed by atoms with E-state index in [0.29, 0.717) is 19.3 Å². The highest BCUT2D eigenvalue weighted by molar-refractivity contribution is 5.89. The molecule has 0 unspecified atom stereocenters. The number of anilines is 1. The molecule has 0 aliphatic carbocycles. The molecule has 2 fully saturated rings. The van der Waals surface area contributed by atoms with Crippen LogP contribution in [0.2, 0.25) is 0 Å². The molecule has 8 atom stereocenters. The maximum absolute atomic E-state index is 12.6. The summed E-state index contributed by atoms with van der Waals surface area (Å²) < 4.78 is 19.3. The number of hydrogen-bond donors (Lipinski definition) is 3. The van der Waals surface area contributed by atoms with Gasteiger partial charge in [0.1, 0.15) is 24.3 Å². The van der Waals surface area contributed by atoms with Gasteiger partial charge in [0.2, 0.25) is 5.91 Å². The van der Waals surface area contributed by atoms with E-state index in [9.17, 15) is 19.8 Å². The van der Waals surface area contributed by atoms with Crippen LogP contribution in [0.15, 0.2) is 17.1 Å². The zero-order valence-corrected chi connectivity index (χ0v) is 20.7. The molecule has 1 aromatic heterocycles. The maximum atomic E-state index is 12.6. The number of carbonyl (C=O) groups excluding carboxylic acids is 1. The van der Waals surface area contributed by atoms with E-state index in [4.69, 9.17) is 14.2 Å². The summed E-state index contributed by atoms with van der Waals surface area (Å²) >= 11 is 0. The van der Waals surface area contributed by atoms with Crippen LogP contribution in [0, 0.1) is 5.92 Å². The third kappa shape index (κ3) is 6.21. The Labute approximate surface area is 200 Å². The first-order valence-corrected chi connectivity index (χ1v) is 11.9. The largest absolute Gasteiger partial charge is 0.388 e. The molecular weight excluding hydrogens is 444 g/mol. The smallest absolute Gasteiger partial charge is 0.351 e. The van der Waals surface area contributed by atoms with E-state index in [1.807, 2.05) is 46.7 Å². The van der Waals surface area contributed by atoms with Crippen LogP contribution < -0.4 is 11.0 Å². The predicted molar refractivity (Wildman–Crippen MR) is 124 cm³/mol. The highest BCUT2D eigenvalue weighted by Crippen LogP contribution is 2.32. The molecule has 34 heavy (non-hydrogen) atoms. The van der Waals surface area contributed by atoms with Crippen LogP contribution in [0.1, 0.15) is 53.2 Å². The second-order valence-corrected chi connectivity index (χ2v) is 9.84. The minimum absolute atomic E-state index is 0.189. The Balaban J connectivity index is 1.59. The van der Waals surface area contributed by atoms with Crippen LogP contribution in [-0.2, 0) is 19.0 Å². The van der Waals surface area contributed by atoms with E-state index in [1.54, 1.807) is 12.3 Å². The van der Waals surface area contributed by atoms with E-state index >= 15 is 0 Å². The fraction of sp³-hybridized carbons (Fsp3) is 0.783. The molecule has 0 radical (unpaired) electrons. The highest BCUT2D eigenvalue weighted by Gasteiger charge is 2.46. The van der Waals surface area contributed by atoms with Crippen molar-refractivity contribution in [3.05, 3.63) is 22.7 Å². The summed E-state index contributed by atoms with van der Waals surface area (Å²) in [5.41, 5.74) is -0.517. The molecule has 2 aliphatic rings. The summed E-state index contributed by atoms with van der Waals surface area (Å²) in [6, 6.07) is 1.23. The van der Waals surface area contributed by atoms with Crippen LogP contribution in [0.4, 0.5) is 5.82 Å². The Morgan fingerprint density at radius 2 is 1.94 bits per heavy atom. The Morgan fingerprint density at radius 1 is 1.24 bits per heavy atom. The average molecular weight is 483 g/mol. The van der Waals surface area contributed by atoms with Crippen molar-refractivity contribution in [2.45, 2.75) is 96.0 Å². The van der Waals surface area contributed by atoms with Crippen molar-refractivity contribution in [1.29, 1.82) is 0 Å². The molecule has 0 aromatic carbocycles. The molecule has 1 aromatic rings. The van der Waals surface area contributed by atoms with Crippen molar-refractivity contribution in [2.24, 2.45) is 5.92 Å². The van der Waals surface area contributed by atoms with Gasteiger partial charge in [-0.3, -0.25) is 9.36 Å². The lowest BCUT2D eigenvalue weighted by atomic mass is 9.96. The Morgan fingerprint density at radius 3 is 2.53 bits per heavy atom. The van der Waals surface area contributed by atoms with Crippen molar-refractivity contribution < 1.29 is 29.2 Å². The van der Waals surface area contributed by atoms with Gasteiger partial charge in [0.05, 0.1) is 24.4 Å². The summed E-state index contributed by atoms with van der Waals surface area (Å²) in [7, 11) is 3.64. The van der Waals surface area contributed by atoms with Crippen LogP contribution >= 0.6 is 0 Å². The second-order valence-electron chi connectivity index (χ2n) is 9.84. The summed E-state index contributed by atoms with van der Waals surface area (Å²) in [6.45, 7) is 7.54. The average Bonchev–Trinajstić information content (AvgIpc) is 2.72. The van der Waals surface area contributed by atoms with Crippen molar-refractivity contribution in [3.8, 4) is 0 Å². The van der Waals surface area contributed by atoms with Gasteiger partial charge >= 0.3 is 5.69 Å². The van der Waals surface area contributed by atoms with Crippen molar-refractivity contribution in [1.82, 2.24) is 14.5 Å². The molecule has 2 saturated heterocycles. The van der Waals surface area contributed by atoms with E-state index in [-0.39, 0.29) is 35.9 Å².